The first-order valence-electron chi connectivity index (χ1n) is 12.1. The van der Waals surface area contributed by atoms with E-state index < -0.39 is 4.99 Å². The van der Waals surface area contributed by atoms with Gasteiger partial charge in [0.05, 0.1) is 22.4 Å². The maximum atomic E-state index is 13.6. The Balaban J connectivity index is 1.39. The summed E-state index contributed by atoms with van der Waals surface area (Å²) >= 11 is 15.7. The quantitative estimate of drug-likeness (QED) is 0.230. The van der Waals surface area contributed by atoms with Gasteiger partial charge in [0, 0.05) is 21.3 Å². The number of carbonyl (C=O) groups excluding carboxylic acids is 1. The second kappa shape index (κ2) is 10.3. The number of carbonyl (C=O) groups is 1. The fraction of sp³-hybridized carbons (Fsp3) is 0.172. The highest BCUT2D eigenvalue weighted by Gasteiger charge is 2.60. The number of anilines is 2. The van der Waals surface area contributed by atoms with Crippen LogP contribution in [0.25, 0.3) is 0 Å². The van der Waals surface area contributed by atoms with Gasteiger partial charge in [-0.15, -0.1) is 11.3 Å². The molecule has 2 aliphatic rings. The summed E-state index contributed by atoms with van der Waals surface area (Å²) in [5, 5.41) is 10.1. The molecule has 5 nitrogen and oxygen atoms in total. The Hall–Kier alpha value is -2.97. The van der Waals surface area contributed by atoms with E-state index in [-0.39, 0.29) is 11.8 Å². The summed E-state index contributed by atoms with van der Waals surface area (Å²) in [7, 11) is 0. The molecule has 38 heavy (non-hydrogen) atoms. The van der Waals surface area contributed by atoms with Gasteiger partial charge in [0.1, 0.15) is 11.5 Å². The van der Waals surface area contributed by atoms with E-state index in [1.807, 2.05) is 64.5 Å². The van der Waals surface area contributed by atoms with Crippen molar-refractivity contribution in [1.82, 2.24) is 0 Å². The smallest absolute Gasteiger partial charge is 0.239 e. The lowest BCUT2D eigenvalue weighted by molar-refractivity contribution is -0.116. The molecule has 4 aromatic rings. The fourth-order valence-electron chi connectivity index (χ4n) is 5.01. The first-order chi connectivity index (χ1) is 18.5. The maximum absolute atomic E-state index is 13.6. The van der Waals surface area contributed by atoms with E-state index in [1.165, 1.54) is 4.88 Å². The second-order valence-corrected chi connectivity index (χ2v) is 12.1. The molecule has 0 aliphatic carbocycles. The van der Waals surface area contributed by atoms with Crippen molar-refractivity contribution in [2.45, 2.75) is 18.3 Å². The first kappa shape index (κ1) is 25.3. The fourth-order valence-corrected chi connectivity index (χ4v) is 7.73. The molecule has 192 valence electrons. The molecular weight excluding hydrogens is 557 g/mol. The van der Waals surface area contributed by atoms with Gasteiger partial charge in [-0.3, -0.25) is 9.69 Å². The third-order valence-corrected chi connectivity index (χ3v) is 9.59. The van der Waals surface area contributed by atoms with E-state index in [4.69, 9.17) is 33.0 Å². The number of hydrogen-bond donors (Lipinski definition) is 0. The van der Waals surface area contributed by atoms with E-state index in [9.17, 15) is 4.79 Å². The van der Waals surface area contributed by atoms with Gasteiger partial charge < -0.3 is 4.74 Å². The minimum absolute atomic E-state index is 0.00149. The molecule has 1 aromatic heterocycles. The van der Waals surface area contributed by atoms with E-state index in [0.29, 0.717) is 27.3 Å². The van der Waals surface area contributed by atoms with Crippen LogP contribution in [0.15, 0.2) is 95.4 Å². The van der Waals surface area contributed by atoms with Gasteiger partial charge >= 0.3 is 0 Å². The van der Waals surface area contributed by atoms with E-state index >= 15 is 0 Å². The molecule has 1 saturated heterocycles. The topological polar surface area (TPSA) is 45.1 Å². The van der Waals surface area contributed by atoms with Crippen LogP contribution >= 0.6 is 46.3 Å². The zero-order valence-corrected chi connectivity index (χ0v) is 23.5. The van der Waals surface area contributed by atoms with E-state index in [0.717, 1.165) is 23.5 Å². The highest BCUT2D eigenvalue weighted by atomic mass is 35.5. The zero-order chi connectivity index (χ0) is 26.3. The molecule has 1 spiro atoms. The summed E-state index contributed by atoms with van der Waals surface area (Å²) in [6.07, 6.45) is 0.795. The van der Waals surface area contributed by atoms with E-state index in [1.54, 1.807) is 41.3 Å². The lowest BCUT2D eigenvalue weighted by Crippen LogP contribution is -2.58. The number of ether oxygens (including phenoxy) is 1. The molecule has 0 bridgehead atoms. The van der Waals surface area contributed by atoms with Crippen LogP contribution in [0.3, 0.4) is 0 Å². The standard InChI is InChI=1S/C29H23Cl2N3O2S2/c1-19-25(17-24-8-5-15-37-24)29(34(32-19)22-6-3-2-4-7-22)33(28(35)18-38-29)21-10-12-23(13-11-21)36-27-14-9-20(30)16-26(27)31/h2-16,25H,17-18H2,1H3/t25-,29+/m0/s1. The zero-order valence-electron chi connectivity index (χ0n) is 20.4. The number of rotatable bonds is 6. The number of halogens is 2. The number of nitrogens with zero attached hydrogens (tertiary/aromatic N) is 3. The van der Waals surface area contributed by atoms with Crippen molar-refractivity contribution in [3.8, 4) is 11.5 Å². The average molecular weight is 581 g/mol. The average Bonchev–Trinajstić information content (AvgIpc) is 3.63. The van der Waals surface area contributed by atoms with Crippen LogP contribution in [0.2, 0.25) is 10.0 Å². The summed E-state index contributed by atoms with van der Waals surface area (Å²) in [6, 6.07) is 27.0. The van der Waals surface area contributed by atoms with Crippen LogP contribution in [-0.2, 0) is 11.2 Å². The summed E-state index contributed by atoms with van der Waals surface area (Å²) < 4.78 is 5.99. The predicted molar refractivity (Wildman–Crippen MR) is 159 cm³/mol. The largest absolute Gasteiger partial charge is 0.456 e. The minimum atomic E-state index is -0.728. The molecule has 2 aliphatic heterocycles. The van der Waals surface area contributed by atoms with E-state index in [2.05, 4.69) is 24.4 Å². The Morgan fingerprint density at radius 3 is 2.50 bits per heavy atom. The molecule has 1 amide bonds. The number of hydrogen-bond acceptors (Lipinski definition) is 6. The van der Waals surface area contributed by atoms with Gasteiger partial charge in [0.2, 0.25) is 5.91 Å². The molecule has 0 unspecified atom stereocenters. The van der Waals surface area contributed by atoms with Gasteiger partial charge in [0.15, 0.2) is 4.99 Å². The van der Waals surface area contributed by atoms with Crippen LogP contribution < -0.4 is 14.6 Å². The summed E-state index contributed by atoms with van der Waals surface area (Å²) in [5.41, 5.74) is 2.74. The highest BCUT2D eigenvalue weighted by Crippen LogP contribution is 2.53. The number of thiophene rings is 1. The van der Waals surface area contributed by atoms with Gasteiger partial charge in [-0.25, -0.2) is 5.01 Å². The van der Waals surface area contributed by atoms with Gasteiger partial charge in [-0.2, -0.15) is 5.10 Å². The Morgan fingerprint density at radius 2 is 1.79 bits per heavy atom. The molecule has 6 rings (SSSR count). The van der Waals surface area contributed by atoms with Gasteiger partial charge in [0.25, 0.3) is 0 Å². The number of benzene rings is 3. The van der Waals surface area contributed by atoms with Crippen molar-refractivity contribution in [3.05, 3.63) is 105 Å². The number of hydrazone groups is 1. The SMILES string of the molecule is CC1=NN(c2ccccc2)[C@@]2(SCC(=O)N2c2ccc(Oc3ccc(Cl)cc3Cl)cc2)[C@H]1Cc1cccs1. The first-order valence-corrected chi connectivity index (χ1v) is 14.7. The summed E-state index contributed by atoms with van der Waals surface area (Å²) in [5.74, 6) is 1.54. The van der Waals surface area contributed by atoms with Crippen molar-refractivity contribution < 1.29 is 9.53 Å². The van der Waals surface area contributed by atoms with Crippen molar-refractivity contribution in [2.75, 3.05) is 15.7 Å². The van der Waals surface area contributed by atoms with Gasteiger partial charge in [-0.1, -0.05) is 59.2 Å². The molecule has 0 radical (unpaired) electrons. The highest BCUT2D eigenvalue weighted by molar-refractivity contribution is 8.02. The Bertz CT molecular complexity index is 1500. The molecular formula is C29H23Cl2N3O2S2. The predicted octanol–water partition coefficient (Wildman–Crippen LogP) is 8.34. The Labute approximate surface area is 239 Å². The van der Waals surface area contributed by atoms with Crippen molar-refractivity contribution in [3.63, 3.8) is 0 Å². The Morgan fingerprint density at radius 1 is 1.00 bits per heavy atom. The van der Waals surface area contributed by atoms with Crippen LogP contribution in [-0.4, -0.2) is 22.4 Å². The third-order valence-electron chi connectivity index (χ3n) is 6.70. The van der Waals surface area contributed by atoms with Crippen molar-refractivity contribution >= 4 is 69.3 Å². The third kappa shape index (κ3) is 4.47. The van der Waals surface area contributed by atoms with Crippen LogP contribution in [0.4, 0.5) is 11.4 Å². The number of para-hydroxylation sites is 1. The number of thioether (sulfide) groups is 1. The van der Waals surface area contributed by atoms with Crippen LogP contribution in [0, 0.1) is 5.92 Å². The molecule has 1 fully saturated rings. The minimum Gasteiger partial charge on any atom is -0.456 e. The monoisotopic (exact) mass is 579 g/mol. The summed E-state index contributed by atoms with van der Waals surface area (Å²) in [4.78, 5) is 16.0. The molecule has 9 heteroatoms. The second-order valence-electron chi connectivity index (χ2n) is 9.07. The number of amides is 1. The molecule has 3 heterocycles. The van der Waals surface area contributed by atoms with Crippen LogP contribution in [0.5, 0.6) is 11.5 Å². The van der Waals surface area contributed by atoms with Crippen molar-refractivity contribution in [2.24, 2.45) is 11.0 Å². The lowest BCUT2D eigenvalue weighted by atomic mass is 9.94. The normalized spacial score (nSPS) is 20.9. The van der Waals surface area contributed by atoms with Gasteiger partial charge in [-0.05, 0) is 79.4 Å². The Kier molecular flexibility index (Phi) is 6.86. The lowest BCUT2D eigenvalue weighted by Gasteiger charge is -2.44. The molecule has 2 atom stereocenters. The molecule has 3 aromatic carbocycles. The molecule has 0 saturated carbocycles. The maximum Gasteiger partial charge on any atom is 0.239 e. The summed E-state index contributed by atoms with van der Waals surface area (Å²) in [6.45, 7) is 2.07. The van der Waals surface area contributed by atoms with Crippen LogP contribution in [0.1, 0.15) is 11.8 Å². The van der Waals surface area contributed by atoms with Crippen molar-refractivity contribution in [1.29, 1.82) is 0 Å². The molecule has 0 N–H and O–H groups in total.